The Kier molecular flexibility index (Phi) is 53.0. The van der Waals surface area contributed by atoms with Gasteiger partial charge in [-0.25, -0.2) is 0 Å². The summed E-state index contributed by atoms with van der Waals surface area (Å²) in [7, 11) is 0. The maximum atomic E-state index is 12.8. The molecule has 0 aromatic carbocycles. The van der Waals surface area contributed by atoms with Crippen molar-refractivity contribution in [2.45, 2.75) is 245 Å². The number of carbonyl (C=O) groups excluding carboxylic acids is 2. The van der Waals surface area contributed by atoms with Crippen molar-refractivity contribution >= 4 is 11.9 Å². The summed E-state index contributed by atoms with van der Waals surface area (Å²) < 4.78 is 17.4. The first-order valence-electron chi connectivity index (χ1n) is 27.4. The molecule has 1 unspecified atom stereocenters. The Balaban J connectivity index is 4.40. The lowest BCUT2D eigenvalue weighted by Gasteiger charge is -2.18. The molecule has 0 spiro atoms. The molecule has 5 nitrogen and oxygen atoms in total. The standard InChI is InChI=1S/C61H102O5/c1-4-7-10-13-16-19-22-25-27-29-30-31-33-35-38-41-44-47-50-53-56-64-57-59(66-61(63)55-52-49-46-43-40-36-24-21-18-15-12-9-6-3)58-65-60(62)54-51-48-45-42-39-37-34-32-28-26-23-20-17-14-11-8-5-2/h7,10,16-17,19-21,24-28,30-31,35,38,44,47,59H,4-6,8-9,11-15,18,22-23,29,32-34,36-37,39-43,45-46,48-58H2,1-3H3/b10-7-,19-16-,20-17-,24-21-,27-25-,28-26-,31-30-,38-35-,47-44-. The Bertz CT molecular complexity index is 1310. The lowest BCUT2D eigenvalue weighted by molar-refractivity contribution is -0.163. The van der Waals surface area contributed by atoms with Crippen LogP contribution in [0.4, 0.5) is 0 Å². The molecule has 0 aromatic rings. The lowest BCUT2D eigenvalue weighted by atomic mass is 10.1. The number of allylic oxidation sites excluding steroid dienone is 18. The van der Waals surface area contributed by atoms with Crippen LogP contribution >= 0.6 is 0 Å². The number of esters is 2. The maximum Gasteiger partial charge on any atom is 0.306 e. The molecule has 0 aromatic heterocycles. The van der Waals surface area contributed by atoms with Gasteiger partial charge in [-0.2, -0.15) is 0 Å². The van der Waals surface area contributed by atoms with E-state index in [1.807, 2.05) is 0 Å². The van der Waals surface area contributed by atoms with Gasteiger partial charge in [-0.15, -0.1) is 0 Å². The summed E-state index contributed by atoms with van der Waals surface area (Å²) >= 11 is 0. The Labute approximate surface area is 408 Å². The molecular formula is C61H102O5. The van der Waals surface area contributed by atoms with Crippen LogP contribution in [0.3, 0.4) is 0 Å². The number of carbonyl (C=O) groups is 2. The molecule has 0 radical (unpaired) electrons. The summed E-state index contributed by atoms with van der Waals surface area (Å²) in [5, 5.41) is 0. The van der Waals surface area contributed by atoms with Crippen LogP contribution in [0.2, 0.25) is 0 Å². The summed E-state index contributed by atoms with van der Waals surface area (Å²) in [5.41, 5.74) is 0. The van der Waals surface area contributed by atoms with Crippen LogP contribution in [0.1, 0.15) is 239 Å². The van der Waals surface area contributed by atoms with E-state index in [0.717, 1.165) is 103 Å². The second-order valence-electron chi connectivity index (χ2n) is 17.7. The predicted molar refractivity (Wildman–Crippen MR) is 288 cm³/mol. The van der Waals surface area contributed by atoms with Gasteiger partial charge in [-0.3, -0.25) is 9.59 Å². The second-order valence-corrected chi connectivity index (χ2v) is 17.7. The molecule has 0 saturated heterocycles. The summed E-state index contributed by atoms with van der Waals surface area (Å²) in [6, 6.07) is 0. The molecule has 0 bridgehead atoms. The van der Waals surface area contributed by atoms with E-state index in [1.54, 1.807) is 0 Å². The van der Waals surface area contributed by atoms with E-state index in [-0.39, 0.29) is 25.2 Å². The van der Waals surface area contributed by atoms with Crippen molar-refractivity contribution in [1.82, 2.24) is 0 Å². The zero-order valence-corrected chi connectivity index (χ0v) is 43.2. The third kappa shape index (κ3) is 53.2. The van der Waals surface area contributed by atoms with Gasteiger partial charge in [0.25, 0.3) is 0 Å². The zero-order valence-electron chi connectivity index (χ0n) is 43.2. The summed E-state index contributed by atoms with van der Waals surface area (Å²) in [4.78, 5) is 25.4. The largest absolute Gasteiger partial charge is 0.462 e. The van der Waals surface area contributed by atoms with Gasteiger partial charge in [0.15, 0.2) is 6.10 Å². The van der Waals surface area contributed by atoms with Gasteiger partial charge in [0.2, 0.25) is 0 Å². The smallest absolute Gasteiger partial charge is 0.306 e. The molecule has 0 aliphatic carbocycles. The van der Waals surface area contributed by atoms with Crippen molar-refractivity contribution in [3.05, 3.63) is 109 Å². The number of ether oxygens (including phenoxy) is 3. The quantitative estimate of drug-likeness (QED) is 0.0346. The summed E-state index contributed by atoms with van der Waals surface area (Å²) in [6.45, 7) is 7.51. The maximum absolute atomic E-state index is 12.8. The van der Waals surface area contributed by atoms with Crippen LogP contribution in [-0.2, 0) is 23.8 Å². The van der Waals surface area contributed by atoms with E-state index in [2.05, 4.69) is 130 Å². The Morgan fingerprint density at radius 1 is 0.348 bits per heavy atom. The van der Waals surface area contributed by atoms with Gasteiger partial charge in [-0.1, -0.05) is 214 Å². The lowest BCUT2D eigenvalue weighted by Crippen LogP contribution is -2.30. The molecule has 5 heteroatoms. The average molecular weight is 915 g/mol. The molecule has 0 aliphatic heterocycles. The number of hydrogen-bond donors (Lipinski definition) is 0. The minimum atomic E-state index is -0.581. The number of hydrogen-bond acceptors (Lipinski definition) is 5. The Morgan fingerprint density at radius 2 is 0.682 bits per heavy atom. The van der Waals surface area contributed by atoms with E-state index < -0.39 is 6.10 Å². The SMILES string of the molecule is CC/C=C\C/C=C\C/C=C\C/C=C\C/C=C\C/C=C\CCCOCC(COC(=O)CCCCCCCCC/C=C\C/C=C\CCCCC)OC(=O)CCCCCCC/C=C\CCCCCC. The third-order valence-corrected chi connectivity index (χ3v) is 11.3. The van der Waals surface area contributed by atoms with Gasteiger partial charge >= 0.3 is 11.9 Å². The van der Waals surface area contributed by atoms with Gasteiger partial charge in [-0.05, 0) is 122 Å². The van der Waals surface area contributed by atoms with Crippen LogP contribution < -0.4 is 0 Å². The van der Waals surface area contributed by atoms with Crippen LogP contribution in [0.5, 0.6) is 0 Å². The van der Waals surface area contributed by atoms with E-state index >= 15 is 0 Å². The highest BCUT2D eigenvalue weighted by atomic mass is 16.6. The molecule has 0 amide bonds. The van der Waals surface area contributed by atoms with Gasteiger partial charge < -0.3 is 14.2 Å². The summed E-state index contributed by atoms with van der Waals surface area (Å²) in [6.07, 6.45) is 76.8. The molecule has 0 rings (SSSR count). The second kappa shape index (κ2) is 55.9. The molecule has 0 fully saturated rings. The van der Waals surface area contributed by atoms with Crippen LogP contribution in [0, 0.1) is 0 Å². The number of rotatable bonds is 49. The van der Waals surface area contributed by atoms with Crippen LogP contribution in [0.15, 0.2) is 109 Å². The highest BCUT2D eigenvalue weighted by Crippen LogP contribution is 2.13. The molecule has 66 heavy (non-hydrogen) atoms. The molecule has 1 atom stereocenters. The first-order valence-corrected chi connectivity index (χ1v) is 27.4. The Hall–Kier alpha value is -3.44. The molecule has 0 aliphatic rings. The third-order valence-electron chi connectivity index (χ3n) is 11.3. The molecule has 0 heterocycles. The van der Waals surface area contributed by atoms with Crippen LogP contribution in [0.25, 0.3) is 0 Å². The number of unbranched alkanes of at least 4 members (excludes halogenated alkanes) is 20. The van der Waals surface area contributed by atoms with Crippen LogP contribution in [-0.4, -0.2) is 37.9 Å². The predicted octanol–water partition coefficient (Wildman–Crippen LogP) is 18.8. The molecule has 0 saturated carbocycles. The fourth-order valence-electron chi connectivity index (χ4n) is 7.20. The fourth-order valence-corrected chi connectivity index (χ4v) is 7.20. The van der Waals surface area contributed by atoms with E-state index in [0.29, 0.717) is 19.4 Å². The van der Waals surface area contributed by atoms with E-state index in [9.17, 15) is 9.59 Å². The van der Waals surface area contributed by atoms with Gasteiger partial charge in [0, 0.05) is 19.4 Å². The first-order chi connectivity index (χ1) is 32.6. The highest BCUT2D eigenvalue weighted by molar-refractivity contribution is 5.70. The molecular weight excluding hydrogens is 813 g/mol. The Morgan fingerprint density at radius 3 is 1.14 bits per heavy atom. The van der Waals surface area contributed by atoms with Gasteiger partial charge in [0.05, 0.1) is 6.61 Å². The van der Waals surface area contributed by atoms with E-state index in [1.165, 1.54) is 103 Å². The molecule has 376 valence electrons. The monoisotopic (exact) mass is 915 g/mol. The minimum Gasteiger partial charge on any atom is -0.462 e. The van der Waals surface area contributed by atoms with Crippen molar-refractivity contribution in [3.8, 4) is 0 Å². The molecule has 0 N–H and O–H groups in total. The fraction of sp³-hybridized carbons (Fsp3) is 0.672. The zero-order chi connectivity index (χ0) is 47.7. The van der Waals surface area contributed by atoms with E-state index in [4.69, 9.17) is 14.2 Å². The van der Waals surface area contributed by atoms with Crippen molar-refractivity contribution in [2.75, 3.05) is 19.8 Å². The van der Waals surface area contributed by atoms with Crippen molar-refractivity contribution in [2.24, 2.45) is 0 Å². The van der Waals surface area contributed by atoms with Crippen molar-refractivity contribution in [3.63, 3.8) is 0 Å². The average Bonchev–Trinajstić information content (AvgIpc) is 3.32. The summed E-state index contributed by atoms with van der Waals surface area (Å²) in [5.74, 6) is -0.451. The highest BCUT2D eigenvalue weighted by Gasteiger charge is 2.17. The topological polar surface area (TPSA) is 61.8 Å². The van der Waals surface area contributed by atoms with Crippen molar-refractivity contribution < 1.29 is 23.8 Å². The van der Waals surface area contributed by atoms with Crippen molar-refractivity contribution in [1.29, 1.82) is 0 Å². The minimum absolute atomic E-state index is 0.0491. The normalized spacial score (nSPS) is 13.1. The van der Waals surface area contributed by atoms with Gasteiger partial charge in [0.1, 0.15) is 6.61 Å². The first kappa shape index (κ1) is 62.6.